The van der Waals surface area contributed by atoms with Gasteiger partial charge in [0.1, 0.15) is 18.1 Å². The van der Waals surface area contributed by atoms with Gasteiger partial charge >= 0.3 is 5.91 Å². The normalized spacial score (nSPS) is 15.5. The number of ether oxygens (including phenoxy) is 3. The molecule has 9 nitrogen and oxygen atoms in total. The third-order valence-electron chi connectivity index (χ3n) is 7.67. The van der Waals surface area contributed by atoms with Gasteiger partial charge in [-0.3, -0.25) is 14.5 Å². The molecule has 244 valence electrons. The van der Waals surface area contributed by atoms with Crippen LogP contribution in [0.25, 0.3) is 5.76 Å². The number of Topliss-reactive ketones (excluding diaryl/α,β-unsaturated/α-hetero) is 1. The molecule has 1 fully saturated rings. The number of methoxy groups -OCH3 is 1. The van der Waals surface area contributed by atoms with Crippen LogP contribution in [0.5, 0.6) is 17.2 Å². The fraction of sp³-hybridized carbons (Fsp3) is 0.189. The summed E-state index contributed by atoms with van der Waals surface area (Å²) in [6.45, 7) is 4.69. The maximum atomic E-state index is 13.7. The van der Waals surface area contributed by atoms with E-state index in [2.05, 4.69) is 16.3 Å². The molecule has 1 aliphatic rings. The molecular weight excluding hydrogens is 647 g/mol. The molecule has 2 heterocycles. The van der Waals surface area contributed by atoms with Gasteiger partial charge in [0.15, 0.2) is 15.8 Å². The molecule has 4 aromatic carbocycles. The van der Waals surface area contributed by atoms with Crippen LogP contribution in [0.15, 0.2) is 107 Å². The molecule has 11 heteroatoms. The second-order valence-corrected chi connectivity index (χ2v) is 13.1. The van der Waals surface area contributed by atoms with Crippen LogP contribution in [0.3, 0.4) is 0 Å². The van der Waals surface area contributed by atoms with E-state index >= 15 is 0 Å². The van der Waals surface area contributed by atoms with Crippen molar-refractivity contribution in [2.75, 3.05) is 18.6 Å². The van der Waals surface area contributed by atoms with Crippen LogP contribution in [-0.2, 0) is 21.9 Å². The van der Waals surface area contributed by atoms with Gasteiger partial charge < -0.3 is 19.3 Å². The molecule has 1 atom stereocenters. The molecule has 1 N–H and O–H groups in total. The van der Waals surface area contributed by atoms with Gasteiger partial charge in [-0.1, -0.05) is 89.3 Å². The fourth-order valence-electron chi connectivity index (χ4n) is 5.38. The minimum absolute atomic E-state index is 0.0756. The van der Waals surface area contributed by atoms with Crippen LogP contribution in [0.2, 0.25) is 0 Å². The zero-order chi connectivity index (χ0) is 33.6. The Balaban J connectivity index is 1.34. The first-order valence-corrected chi connectivity index (χ1v) is 17.1. The van der Waals surface area contributed by atoms with Gasteiger partial charge in [0.25, 0.3) is 5.78 Å². The third kappa shape index (κ3) is 7.07. The maximum absolute atomic E-state index is 13.7. The third-order valence-corrected chi connectivity index (χ3v) is 9.80. The van der Waals surface area contributed by atoms with Gasteiger partial charge in [0.05, 0.1) is 25.3 Å². The Morgan fingerprint density at radius 2 is 1.67 bits per heavy atom. The number of hydrogen-bond acceptors (Lipinski definition) is 10. The maximum Gasteiger partial charge on any atom is 0.301 e. The minimum atomic E-state index is -1.01. The van der Waals surface area contributed by atoms with Gasteiger partial charge in [-0.2, -0.15) is 0 Å². The molecular formula is C37H33N3O6S2. The minimum Gasteiger partial charge on any atom is -0.507 e. The smallest absolute Gasteiger partial charge is 0.301 e. The van der Waals surface area contributed by atoms with Gasteiger partial charge in [0, 0.05) is 11.3 Å². The largest absolute Gasteiger partial charge is 0.507 e. The van der Waals surface area contributed by atoms with Crippen molar-refractivity contribution in [1.82, 2.24) is 10.2 Å². The lowest BCUT2D eigenvalue weighted by Crippen LogP contribution is -2.29. The van der Waals surface area contributed by atoms with E-state index in [0.717, 1.165) is 16.7 Å². The average Bonchev–Trinajstić information content (AvgIpc) is 3.68. The number of anilines is 1. The van der Waals surface area contributed by atoms with Crippen molar-refractivity contribution < 1.29 is 28.9 Å². The number of amides is 1. The Bertz CT molecular complexity index is 1960. The number of ketones is 1. The van der Waals surface area contributed by atoms with Gasteiger partial charge in [-0.05, 0) is 66.9 Å². The summed E-state index contributed by atoms with van der Waals surface area (Å²) in [6, 6.07) is 28.9. The summed E-state index contributed by atoms with van der Waals surface area (Å²) < 4.78 is 17.9. The predicted molar refractivity (Wildman–Crippen MR) is 187 cm³/mol. The summed E-state index contributed by atoms with van der Waals surface area (Å²) in [5.41, 5.74) is 4.11. The van der Waals surface area contributed by atoms with E-state index in [0.29, 0.717) is 51.7 Å². The molecule has 0 saturated carbocycles. The number of hydrogen-bond donors (Lipinski definition) is 1. The van der Waals surface area contributed by atoms with E-state index in [1.54, 1.807) is 42.5 Å². The summed E-state index contributed by atoms with van der Waals surface area (Å²) in [5, 5.41) is 20.5. The average molecular weight is 680 g/mol. The molecule has 1 aliphatic heterocycles. The Morgan fingerprint density at radius 1 is 0.896 bits per heavy atom. The lowest BCUT2D eigenvalue weighted by atomic mass is 9.95. The molecule has 1 aromatic heterocycles. The zero-order valence-electron chi connectivity index (χ0n) is 26.6. The topological polar surface area (TPSA) is 111 Å². The van der Waals surface area contributed by atoms with Crippen molar-refractivity contribution in [3.05, 3.63) is 130 Å². The van der Waals surface area contributed by atoms with Crippen molar-refractivity contribution in [3.8, 4) is 17.2 Å². The fourth-order valence-corrected chi connectivity index (χ4v) is 7.21. The number of aromatic nitrogens is 2. The Kier molecular flexibility index (Phi) is 10.1. The molecule has 1 amide bonds. The summed E-state index contributed by atoms with van der Waals surface area (Å²) in [6.07, 6.45) is 0. The standard InChI is InChI=1S/C37H33N3O6S2/c1-4-45-29-18-15-27(20-30(29)44-3)32-31(33(41)26-13-16-28(17-14-26)46-21-25-12-8-9-23(2)19-25)34(42)35(43)40(32)36-38-39-37(48-36)47-22-24-10-6-5-7-11-24/h5-20,32,41H,4,21-22H2,1-3H3. The first kappa shape index (κ1) is 32.8. The highest BCUT2D eigenvalue weighted by atomic mass is 32.2. The lowest BCUT2D eigenvalue weighted by Gasteiger charge is -2.23. The summed E-state index contributed by atoms with van der Waals surface area (Å²) >= 11 is 2.69. The first-order valence-electron chi connectivity index (χ1n) is 15.3. The highest BCUT2D eigenvalue weighted by molar-refractivity contribution is 8.00. The van der Waals surface area contributed by atoms with E-state index in [1.165, 1.54) is 35.1 Å². The van der Waals surface area contributed by atoms with Crippen molar-refractivity contribution in [1.29, 1.82) is 0 Å². The second-order valence-electron chi connectivity index (χ2n) is 10.9. The molecule has 6 rings (SSSR count). The lowest BCUT2D eigenvalue weighted by molar-refractivity contribution is -0.132. The van der Waals surface area contributed by atoms with E-state index < -0.39 is 17.7 Å². The molecule has 0 radical (unpaired) electrons. The van der Waals surface area contributed by atoms with Crippen molar-refractivity contribution in [2.45, 2.75) is 36.6 Å². The Hall–Kier alpha value is -5.13. The number of rotatable bonds is 12. The Labute approximate surface area is 286 Å². The van der Waals surface area contributed by atoms with Crippen LogP contribution in [-0.4, -0.2) is 40.7 Å². The number of carbonyl (C=O) groups is 2. The highest BCUT2D eigenvalue weighted by Crippen LogP contribution is 2.45. The SMILES string of the molecule is CCOc1ccc(C2C(=C(O)c3ccc(OCc4cccc(C)c4)cc3)C(=O)C(=O)N2c2nnc(SCc3ccccc3)s2)cc1OC. The number of benzene rings is 4. The molecule has 1 saturated heterocycles. The van der Waals surface area contributed by atoms with Crippen LogP contribution in [0.1, 0.15) is 40.8 Å². The molecule has 0 spiro atoms. The molecule has 0 bridgehead atoms. The van der Waals surface area contributed by atoms with Crippen molar-refractivity contribution in [2.24, 2.45) is 0 Å². The zero-order valence-corrected chi connectivity index (χ0v) is 28.2. The van der Waals surface area contributed by atoms with Gasteiger partial charge in [-0.25, -0.2) is 0 Å². The number of carbonyl (C=O) groups excluding carboxylic acids is 2. The number of aliphatic hydroxyl groups excluding tert-OH is 1. The summed E-state index contributed by atoms with van der Waals surface area (Å²) in [4.78, 5) is 28.8. The van der Waals surface area contributed by atoms with E-state index in [4.69, 9.17) is 14.2 Å². The quantitative estimate of drug-likeness (QED) is 0.0465. The highest BCUT2D eigenvalue weighted by Gasteiger charge is 2.48. The first-order chi connectivity index (χ1) is 23.4. The molecule has 1 unspecified atom stereocenters. The van der Waals surface area contributed by atoms with Gasteiger partial charge in [-0.15, -0.1) is 10.2 Å². The predicted octanol–water partition coefficient (Wildman–Crippen LogP) is 7.75. The molecule has 5 aromatic rings. The monoisotopic (exact) mass is 679 g/mol. The van der Waals surface area contributed by atoms with E-state index in [-0.39, 0.29) is 16.5 Å². The van der Waals surface area contributed by atoms with Crippen molar-refractivity contribution >= 4 is 45.7 Å². The summed E-state index contributed by atoms with van der Waals surface area (Å²) in [7, 11) is 1.52. The number of nitrogens with zero attached hydrogens (tertiary/aromatic N) is 3. The second kappa shape index (κ2) is 14.7. The molecule has 0 aliphatic carbocycles. The number of thioether (sulfide) groups is 1. The van der Waals surface area contributed by atoms with Crippen LogP contribution < -0.4 is 19.1 Å². The number of aryl methyl sites for hydroxylation is 1. The van der Waals surface area contributed by atoms with Crippen molar-refractivity contribution in [3.63, 3.8) is 0 Å². The number of aliphatic hydroxyl groups is 1. The van der Waals surface area contributed by atoms with Crippen LogP contribution in [0.4, 0.5) is 5.13 Å². The molecule has 48 heavy (non-hydrogen) atoms. The van der Waals surface area contributed by atoms with E-state index in [9.17, 15) is 14.7 Å². The summed E-state index contributed by atoms with van der Waals surface area (Å²) in [5.74, 6) is 0.224. The van der Waals surface area contributed by atoms with Gasteiger partial charge in [0.2, 0.25) is 5.13 Å². The Morgan fingerprint density at radius 3 is 2.40 bits per heavy atom. The van der Waals surface area contributed by atoms with Crippen LogP contribution in [0, 0.1) is 6.92 Å². The van der Waals surface area contributed by atoms with E-state index in [1.807, 2.05) is 62.4 Å². The van der Waals surface area contributed by atoms with Crippen LogP contribution >= 0.6 is 23.1 Å².